The van der Waals surface area contributed by atoms with Crippen molar-refractivity contribution in [2.24, 2.45) is 0 Å². The Labute approximate surface area is 594 Å². The summed E-state index contributed by atoms with van der Waals surface area (Å²) in [5, 5.41) is 54.4. The van der Waals surface area contributed by atoms with Crippen LogP contribution in [-0.2, 0) is 23.8 Å². The summed E-state index contributed by atoms with van der Waals surface area (Å²) < 4.78 is 16.8. The SMILES string of the molecule is CCCCCCC/C=C/CC/C=C/C(O)C(COC1OC(CO)C(O)C(O)C1O)NC(=O)CCCCCCCCCCCCCCCCCCC/C=C\CCCCCCCCCCCCCCCCCCCCOC(=O)CCCCCCCCCCCCCCCCCCCC. The molecule has 1 fully saturated rings. The summed E-state index contributed by atoms with van der Waals surface area (Å²) in [6.45, 7) is 4.37. The Kier molecular flexibility index (Phi) is 70.9. The average molecular weight is 1360 g/mol. The Hall–Kier alpha value is -2.12. The van der Waals surface area contributed by atoms with Crippen molar-refractivity contribution in [3.63, 3.8) is 0 Å². The van der Waals surface area contributed by atoms with E-state index in [1.54, 1.807) is 6.08 Å². The van der Waals surface area contributed by atoms with Gasteiger partial charge in [0.05, 0.1) is 32.0 Å². The molecule has 0 spiro atoms. The van der Waals surface area contributed by atoms with E-state index in [4.69, 9.17) is 14.2 Å². The van der Waals surface area contributed by atoms with Gasteiger partial charge in [0, 0.05) is 12.8 Å². The molecule has 566 valence electrons. The molecule has 11 nitrogen and oxygen atoms in total. The first kappa shape index (κ1) is 91.9. The van der Waals surface area contributed by atoms with E-state index >= 15 is 0 Å². The van der Waals surface area contributed by atoms with Gasteiger partial charge in [0.2, 0.25) is 5.91 Å². The van der Waals surface area contributed by atoms with Crippen LogP contribution in [0.1, 0.15) is 431 Å². The molecule has 11 heteroatoms. The van der Waals surface area contributed by atoms with Crippen molar-refractivity contribution in [2.45, 2.75) is 474 Å². The minimum Gasteiger partial charge on any atom is -0.466 e. The van der Waals surface area contributed by atoms with Crippen LogP contribution in [-0.4, -0.2) is 100 Å². The summed E-state index contributed by atoms with van der Waals surface area (Å²) >= 11 is 0. The minimum atomic E-state index is -1.57. The fourth-order valence-corrected chi connectivity index (χ4v) is 13.6. The van der Waals surface area contributed by atoms with Gasteiger partial charge in [-0.25, -0.2) is 0 Å². The number of allylic oxidation sites excluding steroid dienone is 5. The number of rotatable bonds is 76. The van der Waals surface area contributed by atoms with Crippen LogP contribution in [0.3, 0.4) is 0 Å². The number of unbranched alkanes of at least 4 members (excludes halogenated alkanes) is 58. The molecule has 96 heavy (non-hydrogen) atoms. The topological polar surface area (TPSA) is 175 Å². The quantitative estimate of drug-likeness (QED) is 0.0195. The van der Waals surface area contributed by atoms with E-state index in [0.29, 0.717) is 19.4 Å². The molecule has 0 bridgehead atoms. The molecule has 0 aromatic heterocycles. The molecule has 1 heterocycles. The molecule has 1 rings (SSSR count). The van der Waals surface area contributed by atoms with Crippen LogP contribution in [0.2, 0.25) is 0 Å². The molecule has 0 aromatic rings. The van der Waals surface area contributed by atoms with E-state index in [2.05, 4.69) is 43.5 Å². The van der Waals surface area contributed by atoms with E-state index in [1.165, 1.54) is 353 Å². The lowest BCUT2D eigenvalue weighted by atomic mass is 9.99. The van der Waals surface area contributed by atoms with Crippen LogP contribution >= 0.6 is 0 Å². The van der Waals surface area contributed by atoms with Gasteiger partial charge in [0.15, 0.2) is 6.29 Å². The molecule has 7 unspecified atom stereocenters. The van der Waals surface area contributed by atoms with E-state index < -0.39 is 49.5 Å². The van der Waals surface area contributed by atoms with Crippen molar-refractivity contribution in [2.75, 3.05) is 19.8 Å². The van der Waals surface area contributed by atoms with E-state index in [0.717, 1.165) is 51.4 Å². The second kappa shape index (κ2) is 74.1. The van der Waals surface area contributed by atoms with Crippen LogP contribution in [0.4, 0.5) is 0 Å². The van der Waals surface area contributed by atoms with Gasteiger partial charge in [-0.2, -0.15) is 0 Å². The van der Waals surface area contributed by atoms with Gasteiger partial charge in [0.1, 0.15) is 24.4 Å². The van der Waals surface area contributed by atoms with Gasteiger partial charge < -0.3 is 45.1 Å². The lowest BCUT2D eigenvalue weighted by Crippen LogP contribution is -2.60. The molecule has 1 aliphatic rings. The first-order chi connectivity index (χ1) is 47.2. The smallest absolute Gasteiger partial charge is 0.305 e. The molecule has 0 aliphatic carbocycles. The number of aliphatic hydroxyl groups excluding tert-OH is 5. The molecule has 0 saturated carbocycles. The Morgan fingerprint density at radius 3 is 1.03 bits per heavy atom. The standard InChI is InChI=1S/C85H161NO10/c1-3-5-7-9-11-13-15-16-17-18-43-46-49-53-57-61-65-69-73-81(90)94-74-70-66-62-58-54-50-47-44-41-39-37-35-33-31-29-27-25-23-21-19-20-22-24-26-28-30-32-34-36-38-40-42-45-48-52-56-60-64-68-72-80(89)86-77(76-95-85-84(93)83(92)82(91)79(75-87)96-85)78(88)71-67-63-59-55-51-14-12-10-8-6-4-2/h19-20,51,55,67,71,77-79,82-85,87-88,91-93H,3-18,21-50,52-54,56-66,68-70,72-76H2,1-2H3,(H,86,89)/b20-19-,55-51+,71-67+. The molecular weight excluding hydrogens is 1190 g/mol. The Bertz CT molecular complexity index is 1690. The number of ether oxygens (including phenoxy) is 3. The lowest BCUT2D eigenvalue weighted by Gasteiger charge is -2.40. The van der Waals surface area contributed by atoms with E-state index in [-0.39, 0.29) is 18.5 Å². The van der Waals surface area contributed by atoms with Crippen molar-refractivity contribution in [1.29, 1.82) is 0 Å². The van der Waals surface area contributed by atoms with Crippen molar-refractivity contribution in [3.8, 4) is 0 Å². The summed E-state index contributed by atoms with van der Waals surface area (Å²) in [4.78, 5) is 25.2. The molecule has 0 radical (unpaired) electrons. The first-order valence-corrected chi connectivity index (χ1v) is 42.3. The second-order valence-electron chi connectivity index (χ2n) is 29.5. The maximum Gasteiger partial charge on any atom is 0.305 e. The van der Waals surface area contributed by atoms with Crippen LogP contribution in [0, 0.1) is 0 Å². The van der Waals surface area contributed by atoms with Crippen molar-refractivity contribution < 1.29 is 49.3 Å². The summed E-state index contributed by atoms with van der Waals surface area (Å²) in [7, 11) is 0. The monoisotopic (exact) mass is 1360 g/mol. The van der Waals surface area contributed by atoms with Crippen LogP contribution in [0.5, 0.6) is 0 Å². The van der Waals surface area contributed by atoms with Crippen molar-refractivity contribution >= 4 is 11.9 Å². The van der Waals surface area contributed by atoms with Gasteiger partial charge in [-0.1, -0.05) is 384 Å². The fraction of sp³-hybridized carbons (Fsp3) is 0.906. The zero-order valence-electron chi connectivity index (χ0n) is 63.4. The zero-order valence-corrected chi connectivity index (χ0v) is 63.4. The summed E-state index contributed by atoms with van der Waals surface area (Å²) in [6.07, 6.45) is 87.9. The number of nitrogens with one attached hydrogen (secondary N) is 1. The van der Waals surface area contributed by atoms with Gasteiger partial charge in [-0.3, -0.25) is 9.59 Å². The summed E-state index contributed by atoms with van der Waals surface area (Å²) in [5.41, 5.74) is 0. The predicted octanol–water partition coefficient (Wildman–Crippen LogP) is 23.3. The van der Waals surface area contributed by atoms with Crippen molar-refractivity contribution in [1.82, 2.24) is 5.32 Å². The summed E-state index contributed by atoms with van der Waals surface area (Å²) in [5.74, 6) is -0.165. The van der Waals surface area contributed by atoms with E-state index in [9.17, 15) is 35.1 Å². The number of carbonyl (C=O) groups is 2. The number of carbonyl (C=O) groups excluding carboxylic acids is 2. The average Bonchev–Trinajstić information content (AvgIpc) is 0.855. The number of aliphatic hydroxyl groups is 5. The maximum absolute atomic E-state index is 13.1. The number of hydrogen-bond acceptors (Lipinski definition) is 10. The molecule has 1 saturated heterocycles. The second-order valence-corrected chi connectivity index (χ2v) is 29.5. The predicted molar refractivity (Wildman–Crippen MR) is 407 cm³/mol. The van der Waals surface area contributed by atoms with Crippen molar-refractivity contribution in [3.05, 3.63) is 36.5 Å². The van der Waals surface area contributed by atoms with Gasteiger partial charge in [-0.15, -0.1) is 0 Å². The first-order valence-electron chi connectivity index (χ1n) is 42.3. The zero-order chi connectivity index (χ0) is 69.4. The lowest BCUT2D eigenvalue weighted by molar-refractivity contribution is -0.302. The summed E-state index contributed by atoms with van der Waals surface area (Å²) in [6, 6.07) is -0.824. The highest BCUT2D eigenvalue weighted by atomic mass is 16.7. The molecule has 0 aromatic carbocycles. The molecule has 7 atom stereocenters. The molecule has 6 N–H and O–H groups in total. The third-order valence-corrected chi connectivity index (χ3v) is 20.2. The van der Waals surface area contributed by atoms with Gasteiger partial charge in [0.25, 0.3) is 0 Å². The highest BCUT2D eigenvalue weighted by molar-refractivity contribution is 5.76. The van der Waals surface area contributed by atoms with Crippen LogP contribution in [0.15, 0.2) is 36.5 Å². The van der Waals surface area contributed by atoms with Gasteiger partial charge >= 0.3 is 5.97 Å². The van der Waals surface area contributed by atoms with E-state index in [1.807, 2.05) is 6.08 Å². The third kappa shape index (κ3) is 61.7. The number of amides is 1. The van der Waals surface area contributed by atoms with Gasteiger partial charge in [-0.05, 0) is 70.6 Å². The van der Waals surface area contributed by atoms with Crippen LogP contribution < -0.4 is 5.32 Å². The third-order valence-electron chi connectivity index (χ3n) is 20.2. The molecule has 1 aliphatic heterocycles. The Morgan fingerprint density at radius 1 is 0.375 bits per heavy atom. The number of esters is 1. The fourth-order valence-electron chi connectivity index (χ4n) is 13.6. The maximum atomic E-state index is 13.1. The number of hydrogen-bond donors (Lipinski definition) is 6. The van der Waals surface area contributed by atoms with Crippen LogP contribution in [0.25, 0.3) is 0 Å². The Balaban J connectivity index is 1.85. The highest BCUT2D eigenvalue weighted by Gasteiger charge is 2.44. The molecular formula is C85H161NO10. The highest BCUT2D eigenvalue weighted by Crippen LogP contribution is 2.24. The normalized spacial score (nSPS) is 17.4. The Morgan fingerprint density at radius 2 is 0.677 bits per heavy atom. The molecule has 1 amide bonds. The minimum absolute atomic E-state index is 0.0219. The largest absolute Gasteiger partial charge is 0.466 e.